The van der Waals surface area contributed by atoms with Crippen molar-refractivity contribution in [2.24, 2.45) is 0 Å². The number of halogens is 1. The summed E-state index contributed by atoms with van der Waals surface area (Å²) in [6.07, 6.45) is 4.99. The predicted molar refractivity (Wildman–Crippen MR) is 130 cm³/mol. The number of methoxy groups -OCH3 is 1. The molecule has 0 aliphatic carbocycles. The lowest BCUT2D eigenvalue weighted by Gasteiger charge is -2.11. The number of carbonyl (C=O) groups excluding carboxylic acids is 1. The Morgan fingerprint density at radius 1 is 1.19 bits per heavy atom. The Hall–Kier alpha value is -3.78. The molecule has 0 atom stereocenters. The molecule has 5 rings (SSSR count). The zero-order valence-corrected chi connectivity index (χ0v) is 18.6. The summed E-state index contributed by atoms with van der Waals surface area (Å²) in [6.45, 7) is -1.85. The molecule has 3 N–H and O–H groups in total. The number of aromatic nitrogens is 3. The van der Waals surface area contributed by atoms with Crippen molar-refractivity contribution in [1.29, 1.82) is 0 Å². The van der Waals surface area contributed by atoms with E-state index in [9.17, 15) is 4.79 Å². The van der Waals surface area contributed by atoms with Gasteiger partial charge in [0.05, 0.1) is 25.5 Å². The largest absolute Gasteiger partial charge is 0.496 e. The normalized spacial score (nSPS) is 12.4. The minimum Gasteiger partial charge on any atom is -0.496 e. The molecular formula is C24H20BrN5O2. The summed E-state index contributed by atoms with van der Waals surface area (Å²) in [5.74, 6) is 0.664. The number of hydrogen-bond acceptors (Lipinski definition) is 3. The summed E-state index contributed by atoms with van der Waals surface area (Å²) in [5, 5.41) is 7.10. The number of amides is 2. The second-order valence-corrected chi connectivity index (χ2v) is 7.92. The maximum Gasteiger partial charge on any atom is 0.323 e. The second-order valence-electron chi connectivity index (χ2n) is 7.07. The number of benzene rings is 2. The van der Waals surface area contributed by atoms with Gasteiger partial charge in [0.1, 0.15) is 11.4 Å². The molecule has 2 amide bonds. The Balaban J connectivity index is 1.44. The van der Waals surface area contributed by atoms with Crippen LogP contribution in [0.5, 0.6) is 5.75 Å². The van der Waals surface area contributed by atoms with E-state index in [0.717, 1.165) is 9.86 Å². The van der Waals surface area contributed by atoms with Gasteiger partial charge in [-0.3, -0.25) is 0 Å². The van der Waals surface area contributed by atoms with Gasteiger partial charge >= 0.3 is 6.03 Å². The smallest absolute Gasteiger partial charge is 0.323 e. The summed E-state index contributed by atoms with van der Waals surface area (Å²) >= 11 is 3.41. The number of ether oxygens (including phenoxy) is 1. The fourth-order valence-electron chi connectivity index (χ4n) is 3.58. The quantitative estimate of drug-likeness (QED) is 0.282. The zero-order valence-electron chi connectivity index (χ0n) is 19.0. The summed E-state index contributed by atoms with van der Waals surface area (Å²) in [6, 6.07) is 15.6. The number of urea groups is 1. The van der Waals surface area contributed by atoms with Crippen molar-refractivity contribution in [1.82, 2.24) is 14.5 Å². The standard InChI is InChI=1S/C24H20BrN5O2/c1-32-22-8-7-16(12-19(22)25)28-24(31)29-20-5-2-6-21-18(20)9-11-30(21)14-15-13-27-23-17(15)4-3-10-26-23/h2-13H,14H2,1H3,(H,26,27)(H2,28,29,31)/i14D2. The van der Waals surface area contributed by atoms with E-state index in [0.29, 0.717) is 39.2 Å². The fraction of sp³-hybridized carbons (Fsp3) is 0.0833. The molecule has 3 aromatic heterocycles. The van der Waals surface area contributed by atoms with Gasteiger partial charge in [-0.1, -0.05) is 6.07 Å². The van der Waals surface area contributed by atoms with Gasteiger partial charge in [-0.15, -0.1) is 0 Å². The molecule has 0 aliphatic rings. The average Bonchev–Trinajstić information content (AvgIpc) is 3.45. The average molecular weight is 492 g/mol. The maximum absolute atomic E-state index is 12.7. The number of pyridine rings is 1. The molecule has 0 spiro atoms. The van der Waals surface area contributed by atoms with E-state index < -0.39 is 12.5 Å². The molecule has 0 saturated heterocycles. The minimum absolute atomic E-state index is 0.414. The van der Waals surface area contributed by atoms with Crippen LogP contribution in [0.2, 0.25) is 0 Å². The number of nitrogens with one attached hydrogen (secondary N) is 3. The van der Waals surface area contributed by atoms with Gasteiger partial charge in [0.2, 0.25) is 0 Å². The summed E-state index contributed by atoms with van der Waals surface area (Å²) in [5.41, 5.74) is 2.92. The Kier molecular flexibility index (Phi) is 4.68. The number of carbonyl (C=O) groups is 1. The molecule has 5 aromatic rings. The highest BCUT2D eigenvalue weighted by molar-refractivity contribution is 9.10. The SMILES string of the molecule is [2H]C([2H])(c1c[nH]c2ncccc12)n1ccc2c(NC(=O)Nc3ccc(OC)c(Br)c3)cccc21. The lowest BCUT2D eigenvalue weighted by molar-refractivity contribution is 0.262. The Morgan fingerprint density at radius 3 is 2.94 bits per heavy atom. The summed E-state index contributed by atoms with van der Waals surface area (Å²) in [7, 11) is 1.57. The minimum atomic E-state index is -1.85. The molecule has 0 fully saturated rings. The first-order valence-electron chi connectivity index (χ1n) is 10.8. The highest BCUT2D eigenvalue weighted by Gasteiger charge is 2.11. The Morgan fingerprint density at radius 2 is 2.09 bits per heavy atom. The van der Waals surface area contributed by atoms with Crippen LogP contribution < -0.4 is 15.4 Å². The highest BCUT2D eigenvalue weighted by Crippen LogP contribution is 2.29. The molecule has 0 aliphatic heterocycles. The molecule has 32 heavy (non-hydrogen) atoms. The van der Waals surface area contributed by atoms with Crippen LogP contribution in [0.1, 0.15) is 8.30 Å². The van der Waals surface area contributed by atoms with E-state index >= 15 is 0 Å². The lowest BCUT2D eigenvalue weighted by Crippen LogP contribution is -2.19. The van der Waals surface area contributed by atoms with Crippen LogP contribution in [0.4, 0.5) is 16.2 Å². The third-order valence-electron chi connectivity index (χ3n) is 5.08. The second kappa shape index (κ2) is 8.39. The van der Waals surface area contributed by atoms with Crippen LogP contribution in [0, 0.1) is 0 Å². The van der Waals surface area contributed by atoms with E-state index in [-0.39, 0.29) is 0 Å². The molecule has 7 nitrogen and oxygen atoms in total. The third kappa shape index (κ3) is 3.80. The summed E-state index contributed by atoms with van der Waals surface area (Å²) in [4.78, 5) is 20.0. The number of rotatable bonds is 5. The van der Waals surface area contributed by atoms with Gasteiger partial charge in [0.25, 0.3) is 0 Å². The highest BCUT2D eigenvalue weighted by atomic mass is 79.9. The first kappa shape index (κ1) is 17.9. The van der Waals surface area contributed by atoms with Crippen molar-refractivity contribution in [3.8, 4) is 5.75 Å². The third-order valence-corrected chi connectivity index (χ3v) is 5.70. The molecule has 0 radical (unpaired) electrons. The van der Waals surface area contributed by atoms with Crippen molar-refractivity contribution in [2.45, 2.75) is 6.50 Å². The number of aromatic amines is 1. The van der Waals surface area contributed by atoms with Gasteiger partial charge < -0.3 is 24.9 Å². The number of anilines is 2. The van der Waals surface area contributed by atoms with E-state index in [4.69, 9.17) is 7.48 Å². The van der Waals surface area contributed by atoms with Crippen molar-refractivity contribution in [2.75, 3.05) is 17.7 Å². The number of H-pyrrole nitrogens is 1. The Labute approximate surface area is 195 Å². The van der Waals surface area contributed by atoms with Gasteiger partial charge in [-0.2, -0.15) is 0 Å². The fourth-order valence-corrected chi connectivity index (χ4v) is 4.12. The first-order chi connectivity index (χ1) is 16.4. The van der Waals surface area contributed by atoms with Gasteiger partial charge in [-0.05, 0) is 70.0 Å². The molecule has 160 valence electrons. The van der Waals surface area contributed by atoms with Crippen LogP contribution in [-0.4, -0.2) is 27.7 Å². The van der Waals surface area contributed by atoms with Crippen molar-refractivity contribution < 1.29 is 12.3 Å². The van der Waals surface area contributed by atoms with Crippen LogP contribution in [-0.2, 0) is 6.50 Å². The molecular weight excluding hydrogens is 470 g/mol. The number of fused-ring (bicyclic) bond motifs is 2. The Bertz CT molecular complexity index is 1530. The van der Waals surface area contributed by atoms with E-state index in [1.165, 1.54) is 0 Å². The van der Waals surface area contributed by atoms with Crippen LogP contribution >= 0.6 is 15.9 Å². The zero-order chi connectivity index (χ0) is 23.9. The monoisotopic (exact) mass is 491 g/mol. The van der Waals surface area contributed by atoms with Gasteiger partial charge in [-0.25, -0.2) is 9.78 Å². The van der Waals surface area contributed by atoms with Crippen molar-refractivity contribution in [3.05, 3.63) is 83.2 Å². The van der Waals surface area contributed by atoms with Crippen LogP contribution in [0.15, 0.2) is 77.7 Å². The van der Waals surface area contributed by atoms with Crippen LogP contribution in [0.25, 0.3) is 21.9 Å². The molecule has 3 heterocycles. The molecule has 0 saturated carbocycles. The number of nitrogens with zero attached hydrogens (tertiary/aromatic N) is 2. The van der Waals surface area contributed by atoms with E-state index in [1.807, 2.05) is 12.1 Å². The van der Waals surface area contributed by atoms with Crippen LogP contribution in [0.3, 0.4) is 0 Å². The topological polar surface area (TPSA) is 84.0 Å². The first-order valence-corrected chi connectivity index (χ1v) is 10.6. The number of hydrogen-bond donors (Lipinski definition) is 3. The molecule has 8 heteroatoms. The van der Waals surface area contributed by atoms with Gasteiger partial charge in [0.15, 0.2) is 0 Å². The molecule has 0 unspecified atom stereocenters. The van der Waals surface area contributed by atoms with E-state index in [2.05, 4.69) is 36.5 Å². The van der Waals surface area contributed by atoms with Crippen molar-refractivity contribution >= 4 is 55.3 Å². The molecule has 0 bridgehead atoms. The lowest BCUT2D eigenvalue weighted by atomic mass is 10.2. The molecule has 2 aromatic carbocycles. The summed E-state index contributed by atoms with van der Waals surface area (Å²) < 4.78 is 25.3. The van der Waals surface area contributed by atoms with E-state index in [1.54, 1.807) is 72.7 Å². The van der Waals surface area contributed by atoms with Gasteiger partial charge in [0, 0.05) is 41.5 Å². The maximum atomic E-state index is 12.7. The predicted octanol–water partition coefficient (Wildman–Crippen LogP) is 5.98. The van der Waals surface area contributed by atoms with Crippen molar-refractivity contribution in [3.63, 3.8) is 0 Å².